The van der Waals surface area contributed by atoms with Gasteiger partial charge >= 0.3 is 0 Å². The van der Waals surface area contributed by atoms with Gasteiger partial charge in [0, 0.05) is 12.3 Å². The lowest BCUT2D eigenvalue weighted by atomic mass is 9.82. The van der Waals surface area contributed by atoms with Gasteiger partial charge in [0.05, 0.1) is 24.9 Å². The van der Waals surface area contributed by atoms with Crippen LogP contribution in [0.4, 0.5) is 0 Å². The van der Waals surface area contributed by atoms with Crippen molar-refractivity contribution in [2.24, 2.45) is 5.73 Å². The van der Waals surface area contributed by atoms with E-state index in [1.165, 1.54) is 11.1 Å². The maximum absolute atomic E-state index is 10.1. The predicted octanol–water partition coefficient (Wildman–Crippen LogP) is 2.30. The highest BCUT2D eigenvalue weighted by Gasteiger charge is 2.34. The number of rotatable bonds is 3. The zero-order chi connectivity index (χ0) is 14.7. The first kappa shape index (κ1) is 14.3. The summed E-state index contributed by atoms with van der Waals surface area (Å²) >= 11 is 0. The molecule has 0 amide bonds. The Bertz CT molecular complexity index is 518. The third-order valence-corrected chi connectivity index (χ3v) is 4.16. The quantitative estimate of drug-likeness (QED) is 0.908. The van der Waals surface area contributed by atoms with Crippen molar-refractivity contribution in [1.29, 1.82) is 0 Å². The van der Waals surface area contributed by atoms with Crippen LogP contribution in [0, 0.1) is 0 Å². The minimum atomic E-state index is -0.501. The first-order chi connectivity index (χ1) is 10.3. The van der Waals surface area contributed by atoms with Crippen LogP contribution in [0.2, 0.25) is 0 Å². The van der Waals surface area contributed by atoms with Crippen LogP contribution in [0.15, 0.2) is 60.7 Å². The Morgan fingerprint density at radius 3 is 1.95 bits per heavy atom. The molecule has 110 valence electrons. The second-order valence-corrected chi connectivity index (χ2v) is 5.64. The van der Waals surface area contributed by atoms with E-state index >= 15 is 0 Å². The minimum absolute atomic E-state index is 0.0513. The molecular weight excluding hydrogens is 262 g/mol. The van der Waals surface area contributed by atoms with E-state index in [-0.39, 0.29) is 18.1 Å². The van der Waals surface area contributed by atoms with Crippen molar-refractivity contribution in [2.75, 3.05) is 6.61 Å². The monoisotopic (exact) mass is 283 g/mol. The lowest BCUT2D eigenvalue weighted by Gasteiger charge is -2.36. The van der Waals surface area contributed by atoms with Gasteiger partial charge in [0.2, 0.25) is 0 Å². The highest BCUT2D eigenvalue weighted by atomic mass is 16.5. The average Bonchev–Trinajstić information content (AvgIpc) is 2.53. The van der Waals surface area contributed by atoms with Crippen LogP contribution in [0.5, 0.6) is 0 Å². The summed E-state index contributed by atoms with van der Waals surface area (Å²) in [5.74, 6) is 0.120. The van der Waals surface area contributed by atoms with Gasteiger partial charge in [0.15, 0.2) is 0 Å². The predicted molar refractivity (Wildman–Crippen MR) is 83.1 cm³/mol. The normalized spacial score (nSPS) is 26.0. The van der Waals surface area contributed by atoms with E-state index in [1.807, 2.05) is 36.4 Å². The summed E-state index contributed by atoms with van der Waals surface area (Å²) < 4.78 is 5.95. The molecule has 0 aliphatic carbocycles. The van der Waals surface area contributed by atoms with Gasteiger partial charge in [-0.05, 0) is 11.1 Å². The standard InChI is InChI=1S/C18H21NO2/c19-15-12-21-17(11-16(15)20)18(13-7-3-1-4-8-13)14-9-5-2-6-10-14/h1-10,15-18,20H,11-12,19H2. The molecule has 0 spiro atoms. The molecule has 3 heteroatoms. The molecular formula is C18H21NO2. The maximum Gasteiger partial charge on any atom is 0.0738 e. The molecule has 0 bridgehead atoms. The Morgan fingerprint density at radius 2 is 1.48 bits per heavy atom. The Kier molecular flexibility index (Phi) is 4.34. The second-order valence-electron chi connectivity index (χ2n) is 5.64. The molecule has 3 atom stereocenters. The molecule has 1 fully saturated rings. The van der Waals surface area contributed by atoms with E-state index in [2.05, 4.69) is 24.3 Å². The van der Waals surface area contributed by atoms with Crippen LogP contribution in [-0.2, 0) is 4.74 Å². The Labute approximate surface area is 125 Å². The van der Waals surface area contributed by atoms with Crippen LogP contribution in [0.3, 0.4) is 0 Å². The Balaban J connectivity index is 1.94. The summed E-state index contributed by atoms with van der Waals surface area (Å²) in [4.78, 5) is 0. The molecule has 3 rings (SSSR count). The second kappa shape index (κ2) is 6.39. The Hall–Kier alpha value is -1.68. The number of aliphatic hydroxyl groups excluding tert-OH is 1. The van der Waals surface area contributed by atoms with E-state index in [0.29, 0.717) is 13.0 Å². The Morgan fingerprint density at radius 1 is 0.952 bits per heavy atom. The third-order valence-electron chi connectivity index (χ3n) is 4.16. The van der Waals surface area contributed by atoms with Gasteiger partial charge < -0.3 is 15.6 Å². The van der Waals surface area contributed by atoms with Gasteiger partial charge in [-0.2, -0.15) is 0 Å². The first-order valence-corrected chi connectivity index (χ1v) is 7.41. The van der Waals surface area contributed by atoms with Gasteiger partial charge in [0.25, 0.3) is 0 Å². The molecule has 21 heavy (non-hydrogen) atoms. The number of benzene rings is 2. The number of nitrogens with two attached hydrogens (primary N) is 1. The van der Waals surface area contributed by atoms with Gasteiger partial charge in [-0.3, -0.25) is 0 Å². The van der Waals surface area contributed by atoms with Gasteiger partial charge in [-0.15, -0.1) is 0 Å². The summed E-state index contributed by atoms with van der Waals surface area (Å²) in [5.41, 5.74) is 8.25. The molecule has 1 saturated heterocycles. The van der Waals surface area contributed by atoms with E-state index in [0.717, 1.165) is 0 Å². The maximum atomic E-state index is 10.1. The fraction of sp³-hybridized carbons (Fsp3) is 0.333. The van der Waals surface area contributed by atoms with Crippen LogP contribution in [0.1, 0.15) is 23.5 Å². The van der Waals surface area contributed by atoms with Gasteiger partial charge in [-0.1, -0.05) is 60.7 Å². The molecule has 0 aromatic heterocycles. The number of ether oxygens (including phenoxy) is 1. The lowest BCUT2D eigenvalue weighted by Crippen LogP contribution is -2.48. The fourth-order valence-corrected chi connectivity index (χ4v) is 3.00. The topological polar surface area (TPSA) is 55.5 Å². The van der Waals surface area contributed by atoms with Crippen LogP contribution < -0.4 is 5.73 Å². The summed E-state index contributed by atoms with van der Waals surface area (Å²) in [6.07, 6.45) is 0.0126. The highest BCUT2D eigenvalue weighted by Crippen LogP contribution is 2.34. The highest BCUT2D eigenvalue weighted by molar-refractivity contribution is 5.34. The van der Waals surface area contributed by atoms with Crippen molar-refractivity contribution in [1.82, 2.24) is 0 Å². The van der Waals surface area contributed by atoms with Crippen molar-refractivity contribution in [3.05, 3.63) is 71.8 Å². The van der Waals surface area contributed by atoms with E-state index < -0.39 is 6.10 Å². The lowest BCUT2D eigenvalue weighted by molar-refractivity contribution is -0.0625. The van der Waals surface area contributed by atoms with E-state index in [9.17, 15) is 5.11 Å². The SMILES string of the molecule is NC1COC(C(c2ccccc2)c2ccccc2)CC1O. The largest absolute Gasteiger partial charge is 0.391 e. The molecule has 0 radical (unpaired) electrons. The fourth-order valence-electron chi connectivity index (χ4n) is 3.00. The van der Waals surface area contributed by atoms with Gasteiger partial charge in [0.1, 0.15) is 0 Å². The first-order valence-electron chi connectivity index (χ1n) is 7.41. The molecule has 2 aromatic rings. The number of hydrogen-bond donors (Lipinski definition) is 2. The van der Waals surface area contributed by atoms with Gasteiger partial charge in [-0.25, -0.2) is 0 Å². The minimum Gasteiger partial charge on any atom is -0.391 e. The molecule has 1 aliphatic heterocycles. The number of aliphatic hydroxyl groups is 1. The van der Waals surface area contributed by atoms with Crippen LogP contribution in [0.25, 0.3) is 0 Å². The van der Waals surface area contributed by atoms with Crippen molar-refractivity contribution < 1.29 is 9.84 Å². The molecule has 3 unspecified atom stereocenters. The van der Waals surface area contributed by atoms with Crippen molar-refractivity contribution in [2.45, 2.75) is 30.6 Å². The van der Waals surface area contributed by atoms with E-state index in [4.69, 9.17) is 10.5 Å². The molecule has 3 nitrogen and oxygen atoms in total. The molecule has 3 N–H and O–H groups in total. The summed E-state index contributed by atoms with van der Waals surface area (Å²) in [7, 11) is 0. The zero-order valence-electron chi connectivity index (χ0n) is 11.9. The average molecular weight is 283 g/mol. The van der Waals surface area contributed by atoms with Crippen LogP contribution >= 0.6 is 0 Å². The molecule has 2 aromatic carbocycles. The van der Waals surface area contributed by atoms with Crippen molar-refractivity contribution in [3.8, 4) is 0 Å². The van der Waals surface area contributed by atoms with E-state index in [1.54, 1.807) is 0 Å². The molecule has 1 heterocycles. The summed E-state index contributed by atoms with van der Waals surface area (Å²) in [6.45, 7) is 0.405. The smallest absolute Gasteiger partial charge is 0.0738 e. The molecule has 1 aliphatic rings. The summed E-state index contributed by atoms with van der Waals surface area (Å²) in [6, 6.07) is 20.3. The number of hydrogen-bond acceptors (Lipinski definition) is 3. The third kappa shape index (κ3) is 3.16. The summed E-state index contributed by atoms with van der Waals surface area (Å²) in [5, 5.41) is 10.1. The molecule has 0 saturated carbocycles. The van der Waals surface area contributed by atoms with Crippen molar-refractivity contribution in [3.63, 3.8) is 0 Å². The van der Waals surface area contributed by atoms with Crippen molar-refractivity contribution >= 4 is 0 Å². The zero-order valence-corrected chi connectivity index (χ0v) is 11.9. The van der Waals surface area contributed by atoms with Crippen LogP contribution in [-0.4, -0.2) is 30.0 Å².